The Morgan fingerprint density at radius 2 is 2.40 bits per heavy atom. The number of nitrogens with one attached hydrogen (secondary N) is 2. The minimum Gasteiger partial charge on any atom is -0.378 e. The molecule has 1 fully saturated rings. The van der Waals surface area contributed by atoms with E-state index in [1.54, 1.807) is 0 Å². The van der Waals surface area contributed by atoms with Gasteiger partial charge in [-0.2, -0.15) is 5.10 Å². The van der Waals surface area contributed by atoms with Crippen molar-refractivity contribution >= 4 is 17.5 Å². The summed E-state index contributed by atoms with van der Waals surface area (Å²) in [5, 5.41) is 11.2. The number of carbonyl (C=O) groups excluding carboxylic acids is 1. The molecule has 1 aliphatic rings. The smallest absolute Gasteiger partial charge is 0.221 e. The molecular formula is C13H21ClN4O2. The van der Waals surface area contributed by atoms with Crippen LogP contribution in [0.2, 0.25) is 5.02 Å². The fraction of sp³-hybridized carbons (Fsp3) is 0.692. The van der Waals surface area contributed by atoms with Crippen molar-refractivity contribution in [3.63, 3.8) is 0 Å². The van der Waals surface area contributed by atoms with Gasteiger partial charge in [0.05, 0.1) is 36.2 Å². The van der Waals surface area contributed by atoms with E-state index in [-0.39, 0.29) is 11.9 Å². The van der Waals surface area contributed by atoms with Crippen LogP contribution in [0.15, 0.2) is 0 Å². The van der Waals surface area contributed by atoms with E-state index in [0.29, 0.717) is 31.1 Å². The molecular weight excluding hydrogens is 280 g/mol. The zero-order chi connectivity index (χ0) is 14.5. The van der Waals surface area contributed by atoms with Gasteiger partial charge in [-0.1, -0.05) is 11.6 Å². The summed E-state index contributed by atoms with van der Waals surface area (Å²) in [5.74, 6) is 0.0284. The van der Waals surface area contributed by atoms with Crippen LogP contribution in [0.25, 0.3) is 0 Å². The molecule has 1 aromatic heterocycles. The second kappa shape index (κ2) is 7.06. The number of amides is 1. The number of aromatic nitrogens is 2. The van der Waals surface area contributed by atoms with Crippen LogP contribution in [0, 0.1) is 13.8 Å². The first-order chi connectivity index (χ1) is 9.58. The summed E-state index contributed by atoms with van der Waals surface area (Å²) in [4.78, 5) is 11.8. The van der Waals surface area contributed by atoms with E-state index in [0.717, 1.165) is 24.5 Å². The molecule has 1 saturated heterocycles. The van der Waals surface area contributed by atoms with Gasteiger partial charge in [-0.05, 0) is 13.8 Å². The Morgan fingerprint density at radius 3 is 3.00 bits per heavy atom. The second-order valence-electron chi connectivity index (χ2n) is 4.99. The summed E-state index contributed by atoms with van der Waals surface area (Å²) in [5.41, 5.74) is 1.75. The van der Waals surface area contributed by atoms with Crippen molar-refractivity contribution in [3.05, 3.63) is 16.4 Å². The lowest BCUT2D eigenvalue weighted by Gasteiger charge is -2.23. The molecule has 0 aliphatic carbocycles. The van der Waals surface area contributed by atoms with E-state index in [9.17, 15) is 4.79 Å². The maximum absolute atomic E-state index is 11.8. The number of nitrogens with zero attached hydrogens (tertiary/aromatic N) is 2. The molecule has 20 heavy (non-hydrogen) atoms. The SMILES string of the molecule is Cc1nn(CCNC(=O)CC2COCCN2)c(C)c1Cl. The summed E-state index contributed by atoms with van der Waals surface area (Å²) in [6, 6.07) is 0.117. The van der Waals surface area contributed by atoms with Crippen molar-refractivity contribution in [2.75, 3.05) is 26.3 Å². The molecule has 1 unspecified atom stereocenters. The van der Waals surface area contributed by atoms with Gasteiger partial charge < -0.3 is 15.4 Å². The van der Waals surface area contributed by atoms with Gasteiger partial charge in [0.2, 0.25) is 5.91 Å². The van der Waals surface area contributed by atoms with Gasteiger partial charge in [0.25, 0.3) is 0 Å². The summed E-state index contributed by atoms with van der Waals surface area (Å²) in [6.07, 6.45) is 0.442. The van der Waals surface area contributed by atoms with Crippen LogP contribution >= 0.6 is 11.6 Å². The standard InChI is InChI=1S/C13H21ClN4O2/c1-9-13(14)10(2)18(17-9)5-3-16-12(19)7-11-8-20-6-4-15-11/h11,15H,3-8H2,1-2H3,(H,16,19). The lowest BCUT2D eigenvalue weighted by atomic mass is 10.2. The van der Waals surface area contributed by atoms with E-state index in [2.05, 4.69) is 15.7 Å². The van der Waals surface area contributed by atoms with Crippen LogP contribution in [-0.4, -0.2) is 48.0 Å². The second-order valence-corrected chi connectivity index (χ2v) is 5.37. The number of halogens is 1. The first-order valence-corrected chi connectivity index (χ1v) is 7.23. The molecule has 0 aromatic carbocycles. The Kier molecular flexibility index (Phi) is 5.39. The molecule has 0 spiro atoms. The molecule has 0 bridgehead atoms. The van der Waals surface area contributed by atoms with Gasteiger partial charge in [-0.3, -0.25) is 9.48 Å². The molecule has 1 aromatic rings. The molecule has 0 saturated carbocycles. The van der Waals surface area contributed by atoms with Crippen LogP contribution < -0.4 is 10.6 Å². The van der Waals surface area contributed by atoms with Crippen molar-refractivity contribution in [1.82, 2.24) is 20.4 Å². The Labute approximate surface area is 123 Å². The zero-order valence-corrected chi connectivity index (χ0v) is 12.7. The molecule has 7 heteroatoms. The van der Waals surface area contributed by atoms with Crippen LogP contribution in [0.1, 0.15) is 17.8 Å². The van der Waals surface area contributed by atoms with E-state index in [1.165, 1.54) is 0 Å². The van der Waals surface area contributed by atoms with Crippen LogP contribution in [0.5, 0.6) is 0 Å². The highest BCUT2D eigenvalue weighted by Crippen LogP contribution is 2.18. The van der Waals surface area contributed by atoms with Gasteiger partial charge >= 0.3 is 0 Å². The highest BCUT2D eigenvalue weighted by molar-refractivity contribution is 6.31. The maximum atomic E-state index is 11.8. The Balaban J connectivity index is 1.72. The lowest BCUT2D eigenvalue weighted by molar-refractivity contribution is -0.122. The van der Waals surface area contributed by atoms with E-state index >= 15 is 0 Å². The maximum Gasteiger partial charge on any atom is 0.221 e. The zero-order valence-electron chi connectivity index (χ0n) is 11.9. The quantitative estimate of drug-likeness (QED) is 0.838. The topological polar surface area (TPSA) is 68.2 Å². The highest BCUT2D eigenvalue weighted by atomic mass is 35.5. The van der Waals surface area contributed by atoms with E-state index in [1.807, 2.05) is 18.5 Å². The van der Waals surface area contributed by atoms with Gasteiger partial charge in [0.15, 0.2) is 0 Å². The van der Waals surface area contributed by atoms with Gasteiger partial charge in [-0.15, -0.1) is 0 Å². The average Bonchev–Trinajstić information content (AvgIpc) is 2.67. The third-order valence-corrected chi connectivity index (χ3v) is 3.92. The van der Waals surface area contributed by atoms with Crippen LogP contribution in [0.4, 0.5) is 0 Å². The van der Waals surface area contributed by atoms with E-state index in [4.69, 9.17) is 16.3 Å². The number of hydrogen-bond acceptors (Lipinski definition) is 4. The molecule has 6 nitrogen and oxygen atoms in total. The van der Waals surface area contributed by atoms with Crippen molar-refractivity contribution in [2.45, 2.75) is 32.9 Å². The average molecular weight is 301 g/mol. The summed E-state index contributed by atoms with van der Waals surface area (Å²) in [6.45, 7) is 7.09. The number of rotatable bonds is 5. The Bertz CT molecular complexity index is 469. The fourth-order valence-corrected chi connectivity index (χ4v) is 2.38. The fourth-order valence-electron chi connectivity index (χ4n) is 2.24. The van der Waals surface area contributed by atoms with Crippen molar-refractivity contribution in [3.8, 4) is 0 Å². The molecule has 1 amide bonds. The molecule has 2 N–H and O–H groups in total. The highest BCUT2D eigenvalue weighted by Gasteiger charge is 2.16. The van der Waals surface area contributed by atoms with Crippen molar-refractivity contribution in [2.24, 2.45) is 0 Å². The lowest BCUT2D eigenvalue weighted by Crippen LogP contribution is -2.44. The molecule has 112 valence electrons. The largest absolute Gasteiger partial charge is 0.378 e. The number of ether oxygens (including phenoxy) is 1. The molecule has 1 aliphatic heterocycles. The van der Waals surface area contributed by atoms with Gasteiger partial charge in [-0.25, -0.2) is 0 Å². The first kappa shape index (κ1) is 15.3. The Morgan fingerprint density at radius 1 is 1.60 bits per heavy atom. The molecule has 0 radical (unpaired) electrons. The predicted molar refractivity (Wildman–Crippen MR) is 76.9 cm³/mol. The molecule has 1 atom stereocenters. The normalized spacial score (nSPS) is 19.1. The van der Waals surface area contributed by atoms with Crippen LogP contribution in [-0.2, 0) is 16.1 Å². The monoisotopic (exact) mass is 300 g/mol. The Hall–Kier alpha value is -1.11. The number of morpholine rings is 1. The summed E-state index contributed by atoms with van der Waals surface area (Å²) in [7, 11) is 0. The number of carbonyl (C=O) groups is 1. The predicted octanol–water partition coefficient (Wildman–Crippen LogP) is 0.648. The number of aryl methyl sites for hydroxylation is 1. The van der Waals surface area contributed by atoms with Gasteiger partial charge in [0.1, 0.15) is 0 Å². The first-order valence-electron chi connectivity index (χ1n) is 6.85. The molecule has 2 heterocycles. The van der Waals surface area contributed by atoms with Crippen LogP contribution in [0.3, 0.4) is 0 Å². The summed E-state index contributed by atoms with van der Waals surface area (Å²) < 4.78 is 7.14. The van der Waals surface area contributed by atoms with E-state index < -0.39 is 0 Å². The third-order valence-electron chi connectivity index (χ3n) is 3.37. The minimum absolute atomic E-state index is 0.0284. The van der Waals surface area contributed by atoms with Crippen molar-refractivity contribution < 1.29 is 9.53 Å². The number of hydrogen-bond donors (Lipinski definition) is 2. The molecule has 2 rings (SSSR count). The minimum atomic E-state index is 0.0284. The van der Waals surface area contributed by atoms with Crippen molar-refractivity contribution in [1.29, 1.82) is 0 Å². The summed E-state index contributed by atoms with van der Waals surface area (Å²) >= 11 is 6.08. The third kappa shape index (κ3) is 3.94. The van der Waals surface area contributed by atoms with Gasteiger partial charge in [0, 0.05) is 25.6 Å².